The Hall–Kier alpha value is -0.960. The Morgan fingerprint density at radius 3 is 2.75 bits per heavy atom. The molecule has 108 valence electrons. The molecule has 0 saturated heterocycles. The molecule has 0 amide bonds. The molecule has 0 atom stereocenters. The van der Waals surface area contributed by atoms with Crippen molar-refractivity contribution in [3.63, 3.8) is 0 Å². The first-order valence-electron chi connectivity index (χ1n) is 5.67. The van der Waals surface area contributed by atoms with Gasteiger partial charge in [0.25, 0.3) is 0 Å². The predicted molar refractivity (Wildman–Crippen MR) is 81.6 cm³/mol. The fraction of sp³-hybridized carbons (Fsp3) is 0.250. The van der Waals surface area contributed by atoms with Crippen LogP contribution in [-0.2, 0) is 16.6 Å². The Kier molecular flexibility index (Phi) is 4.79. The second-order valence-electron chi connectivity index (χ2n) is 3.99. The molecule has 0 unspecified atom stereocenters. The van der Waals surface area contributed by atoms with Crippen molar-refractivity contribution in [3.05, 3.63) is 38.8 Å². The third-order valence-corrected chi connectivity index (χ3v) is 5.45. The van der Waals surface area contributed by atoms with Gasteiger partial charge < -0.3 is 4.74 Å². The first-order chi connectivity index (χ1) is 9.42. The Balaban J connectivity index is 2.15. The Labute approximate surface area is 130 Å². The summed E-state index contributed by atoms with van der Waals surface area (Å²) in [5, 5.41) is 0.735. The van der Waals surface area contributed by atoms with E-state index < -0.39 is 10.0 Å². The van der Waals surface area contributed by atoms with Crippen LogP contribution in [0.5, 0.6) is 5.75 Å². The van der Waals surface area contributed by atoms with Gasteiger partial charge in [-0.05, 0) is 41.1 Å². The Morgan fingerprint density at radius 1 is 1.45 bits per heavy atom. The monoisotopic (exact) mass is 376 g/mol. The predicted octanol–water partition coefficient (Wildman–Crippen LogP) is 2.70. The fourth-order valence-corrected chi connectivity index (χ4v) is 4.06. The van der Waals surface area contributed by atoms with E-state index in [9.17, 15) is 8.42 Å². The molecular weight excluding hydrogens is 364 g/mol. The number of thiazole rings is 1. The number of methoxy groups -OCH3 is 1. The maximum absolute atomic E-state index is 12.2. The molecule has 0 fully saturated rings. The van der Waals surface area contributed by atoms with E-state index in [2.05, 4.69) is 25.6 Å². The highest BCUT2D eigenvalue weighted by Crippen LogP contribution is 2.27. The van der Waals surface area contributed by atoms with Gasteiger partial charge in [-0.15, -0.1) is 11.3 Å². The standard InChI is InChI=1S/C12H13BrN2O3S2/c1-8-6-14-12(19-8)7-15-20(16,17)9-3-4-11(18-2)10(13)5-9/h3-6,15H,7H2,1-2H3. The van der Waals surface area contributed by atoms with E-state index in [0.29, 0.717) is 10.2 Å². The van der Waals surface area contributed by atoms with Crippen LogP contribution in [0.25, 0.3) is 0 Å². The van der Waals surface area contributed by atoms with E-state index in [-0.39, 0.29) is 11.4 Å². The summed E-state index contributed by atoms with van der Waals surface area (Å²) in [6.07, 6.45) is 1.72. The van der Waals surface area contributed by atoms with Gasteiger partial charge in [0.05, 0.1) is 23.0 Å². The van der Waals surface area contributed by atoms with Gasteiger partial charge in [0.2, 0.25) is 10.0 Å². The molecular formula is C12H13BrN2O3S2. The average molecular weight is 377 g/mol. The molecule has 5 nitrogen and oxygen atoms in total. The van der Waals surface area contributed by atoms with Crippen LogP contribution in [0.4, 0.5) is 0 Å². The van der Waals surface area contributed by atoms with E-state index in [1.807, 2.05) is 6.92 Å². The Morgan fingerprint density at radius 2 is 2.20 bits per heavy atom. The van der Waals surface area contributed by atoms with Gasteiger partial charge in [0, 0.05) is 11.1 Å². The second kappa shape index (κ2) is 6.21. The quantitative estimate of drug-likeness (QED) is 0.870. The van der Waals surface area contributed by atoms with Gasteiger partial charge in [-0.25, -0.2) is 18.1 Å². The van der Waals surface area contributed by atoms with Gasteiger partial charge >= 0.3 is 0 Å². The summed E-state index contributed by atoms with van der Waals surface area (Å²) in [4.78, 5) is 5.35. The first-order valence-corrected chi connectivity index (χ1v) is 8.76. The first kappa shape index (κ1) is 15.4. The minimum absolute atomic E-state index is 0.179. The molecule has 0 saturated carbocycles. The van der Waals surface area contributed by atoms with Gasteiger partial charge in [0.15, 0.2) is 0 Å². The maximum atomic E-state index is 12.2. The van der Waals surface area contributed by atoms with E-state index in [4.69, 9.17) is 4.74 Å². The van der Waals surface area contributed by atoms with Crippen LogP contribution >= 0.6 is 27.3 Å². The summed E-state index contributed by atoms with van der Waals surface area (Å²) in [5.74, 6) is 0.583. The van der Waals surface area contributed by atoms with Crippen LogP contribution < -0.4 is 9.46 Å². The summed E-state index contributed by atoms with van der Waals surface area (Å²) >= 11 is 4.74. The fourth-order valence-electron chi connectivity index (χ4n) is 1.54. The summed E-state index contributed by atoms with van der Waals surface area (Å²) < 4.78 is 32.5. The zero-order valence-corrected chi connectivity index (χ0v) is 14.1. The normalized spacial score (nSPS) is 11.6. The lowest BCUT2D eigenvalue weighted by atomic mass is 10.3. The molecule has 2 aromatic rings. The van der Waals surface area contributed by atoms with Crippen molar-refractivity contribution in [2.45, 2.75) is 18.4 Å². The number of benzene rings is 1. The molecule has 0 bridgehead atoms. The van der Waals surface area contributed by atoms with E-state index in [1.165, 1.54) is 30.6 Å². The molecule has 1 aromatic heterocycles. The largest absolute Gasteiger partial charge is 0.496 e. The lowest BCUT2D eigenvalue weighted by Gasteiger charge is -2.08. The minimum atomic E-state index is -3.57. The lowest BCUT2D eigenvalue weighted by molar-refractivity contribution is 0.411. The summed E-state index contributed by atoms with van der Waals surface area (Å²) in [5.41, 5.74) is 0. The number of halogens is 1. The van der Waals surface area contributed by atoms with Crippen molar-refractivity contribution in [2.24, 2.45) is 0 Å². The van der Waals surface area contributed by atoms with Crippen LogP contribution in [0.3, 0.4) is 0 Å². The number of ether oxygens (including phenoxy) is 1. The topological polar surface area (TPSA) is 68.3 Å². The molecule has 0 aliphatic heterocycles. The minimum Gasteiger partial charge on any atom is -0.496 e. The summed E-state index contributed by atoms with van der Waals surface area (Å²) in [6, 6.07) is 4.61. The van der Waals surface area contributed by atoms with Crippen molar-refractivity contribution < 1.29 is 13.2 Å². The molecule has 20 heavy (non-hydrogen) atoms. The number of rotatable bonds is 5. The molecule has 0 aliphatic rings. The van der Waals surface area contributed by atoms with Crippen LogP contribution in [0.2, 0.25) is 0 Å². The van der Waals surface area contributed by atoms with Crippen LogP contribution in [-0.4, -0.2) is 20.5 Å². The highest BCUT2D eigenvalue weighted by molar-refractivity contribution is 9.10. The molecule has 2 rings (SSSR count). The van der Waals surface area contributed by atoms with Crippen molar-refractivity contribution >= 4 is 37.3 Å². The average Bonchev–Trinajstić information content (AvgIpc) is 2.82. The number of hydrogen-bond acceptors (Lipinski definition) is 5. The molecule has 0 aliphatic carbocycles. The zero-order chi connectivity index (χ0) is 14.8. The smallest absolute Gasteiger partial charge is 0.240 e. The second-order valence-corrected chi connectivity index (χ2v) is 7.93. The van der Waals surface area contributed by atoms with Crippen molar-refractivity contribution in [2.75, 3.05) is 7.11 Å². The molecule has 1 heterocycles. The molecule has 1 aromatic carbocycles. The number of aryl methyl sites for hydroxylation is 1. The highest BCUT2D eigenvalue weighted by Gasteiger charge is 2.16. The maximum Gasteiger partial charge on any atom is 0.240 e. The molecule has 1 N–H and O–H groups in total. The summed E-state index contributed by atoms with van der Waals surface area (Å²) in [6.45, 7) is 2.11. The number of hydrogen-bond donors (Lipinski definition) is 1. The van der Waals surface area contributed by atoms with Gasteiger partial charge in [-0.2, -0.15) is 0 Å². The number of aromatic nitrogens is 1. The molecule has 0 radical (unpaired) electrons. The van der Waals surface area contributed by atoms with E-state index >= 15 is 0 Å². The highest BCUT2D eigenvalue weighted by atomic mass is 79.9. The van der Waals surface area contributed by atoms with Gasteiger partial charge in [-0.3, -0.25) is 0 Å². The van der Waals surface area contributed by atoms with Crippen molar-refractivity contribution in [1.29, 1.82) is 0 Å². The third kappa shape index (κ3) is 3.57. The van der Waals surface area contributed by atoms with Gasteiger partial charge in [-0.1, -0.05) is 0 Å². The third-order valence-electron chi connectivity index (χ3n) is 2.52. The molecule has 8 heteroatoms. The van der Waals surface area contributed by atoms with Crippen molar-refractivity contribution in [3.8, 4) is 5.75 Å². The number of sulfonamides is 1. The number of nitrogens with one attached hydrogen (secondary N) is 1. The van der Waals surface area contributed by atoms with Gasteiger partial charge in [0.1, 0.15) is 10.8 Å². The summed E-state index contributed by atoms with van der Waals surface area (Å²) in [7, 11) is -2.04. The van der Waals surface area contributed by atoms with E-state index in [0.717, 1.165) is 9.88 Å². The van der Waals surface area contributed by atoms with Crippen LogP contribution in [0.1, 0.15) is 9.88 Å². The van der Waals surface area contributed by atoms with Crippen LogP contribution in [0.15, 0.2) is 33.8 Å². The SMILES string of the molecule is COc1ccc(S(=O)(=O)NCc2ncc(C)s2)cc1Br. The molecule has 0 spiro atoms. The van der Waals surface area contributed by atoms with Crippen LogP contribution in [0, 0.1) is 6.92 Å². The lowest BCUT2D eigenvalue weighted by Crippen LogP contribution is -2.23. The Bertz CT molecular complexity index is 713. The van der Waals surface area contributed by atoms with Crippen molar-refractivity contribution in [1.82, 2.24) is 9.71 Å². The number of nitrogens with zero attached hydrogens (tertiary/aromatic N) is 1. The van der Waals surface area contributed by atoms with E-state index in [1.54, 1.807) is 12.3 Å². The zero-order valence-electron chi connectivity index (χ0n) is 10.9.